The Morgan fingerprint density at radius 2 is 2.05 bits per heavy atom. The van der Waals surface area contributed by atoms with Gasteiger partial charge in [-0.05, 0) is 56.4 Å². The van der Waals surface area contributed by atoms with E-state index in [1.165, 1.54) is 29.8 Å². The van der Waals surface area contributed by atoms with Gasteiger partial charge in [-0.1, -0.05) is 13.8 Å². The first-order valence-corrected chi connectivity index (χ1v) is 8.46. The molecule has 3 nitrogen and oxygen atoms in total. The molecule has 2 heterocycles. The minimum Gasteiger partial charge on any atom is -0.388 e. The Morgan fingerprint density at radius 1 is 1.29 bits per heavy atom. The first kappa shape index (κ1) is 13.8. The summed E-state index contributed by atoms with van der Waals surface area (Å²) in [4.78, 5) is 0. The zero-order chi connectivity index (χ0) is 14.8. The van der Waals surface area contributed by atoms with Gasteiger partial charge in [0, 0.05) is 23.6 Å². The normalized spacial score (nSPS) is 35.0. The summed E-state index contributed by atoms with van der Waals surface area (Å²) in [7, 11) is 0. The Morgan fingerprint density at radius 3 is 2.76 bits per heavy atom. The third-order valence-electron chi connectivity index (χ3n) is 5.64. The lowest BCUT2D eigenvalue weighted by atomic mass is 9.75. The fourth-order valence-corrected chi connectivity index (χ4v) is 4.58. The van der Waals surface area contributed by atoms with Crippen LogP contribution < -0.4 is 0 Å². The lowest BCUT2D eigenvalue weighted by Gasteiger charge is -2.35. The molecule has 2 aliphatic carbocycles. The van der Waals surface area contributed by atoms with Crippen LogP contribution in [0.1, 0.15) is 68.6 Å². The van der Waals surface area contributed by atoms with Gasteiger partial charge < -0.3 is 14.4 Å². The Balaban J connectivity index is 1.76. The van der Waals surface area contributed by atoms with Crippen LogP contribution in [0.5, 0.6) is 0 Å². The lowest BCUT2D eigenvalue weighted by Crippen LogP contribution is -2.30. The second-order valence-corrected chi connectivity index (χ2v) is 8.15. The molecule has 21 heavy (non-hydrogen) atoms. The summed E-state index contributed by atoms with van der Waals surface area (Å²) in [5, 5.41) is 10.5. The van der Waals surface area contributed by atoms with Crippen molar-refractivity contribution in [2.24, 2.45) is 11.3 Å². The Kier molecular flexibility index (Phi) is 3.03. The zero-order valence-electron chi connectivity index (χ0n) is 13.4. The summed E-state index contributed by atoms with van der Waals surface area (Å²) in [6.45, 7) is 7.63. The minimum absolute atomic E-state index is 0.184. The number of aromatic nitrogens is 1. The molecule has 0 radical (unpaired) electrons. The second-order valence-electron chi connectivity index (χ2n) is 8.15. The molecule has 2 fully saturated rings. The highest BCUT2D eigenvalue weighted by atomic mass is 16.5. The highest BCUT2D eigenvalue weighted by molar-refractivity contribution is 5.34. The Bertz CT molecular complexity index is 556. The third-order valence-corrected chi connectivity index (χ3v) is 5.64. The standard InChI is InChI=1S/C18H27NO2/c1-11-8-13-15(9-18(2,3)10-16(13)20)19(11)14-6-7-21-17(14)12-4-5-12/h8,12,14,16-17,20H,4-7,9-10H2,1-3H3. The molecular formula is C18H27NO2. The van der Waals surface area contributed by atoms with Crippen LogP contribution in [0.4, 0.5) is 0 Å². The van der Waals surface area contributed by atoms with Crippen LogP contribution in [-0.2, 0) is 11.2 Å². The number of aliphatic hydroxyl groups is 1. The molecule has 1 aromatic rings. The number of nitrogens with zero attached hydrogens (tertiary/aromatic N) is 1. The van der Waals surface area contributed by atoms with Crippen LogP contribution in [0.2, 0.25) is 0 Å². The first-order valence-electron chi connectivity index (χ1n) is 8.46. The van der Waals surface area contributed by atoms with E-state index in [1.807, 2.05) is 0 Å². The van der Waals surface area contributed by atoms with E-state index in [1.54, 1.807) is 0 Å². The molecule has 3 atom stereocenters. The molecule has 116 valence electrons. The van der Waals surface area contributed by atoms with Gasteiger partial charge in [-0.15, -0.1) is 0 Å². The second kappa shape index (κ2) is 4.60. The quantitative estimate of drug-likeness (QED) is 0.903. The van der Waals surface area contributed by atoms with Crippen molar-refractivity contribution in [2.45, 2.75) is 71.1 Å². The maximum atomic E-state index is 10.5. The molecule has 1 saturated carbocycles. The van der Waals surface area contributed by atoms with Crippen molar-refractivity contribution < 1.29 is 9.84 Å². The Hall–Kier alpha value is -0.800. The minimum atomic E-state index is -0.301. The smallest absolute Gasteiger partial charge is 0.0812 e. The van der Waals surface area contributed by atoms with Crippen molar-refractivity contribution in [2.75, 3.05) is 6.61 Å². The van der Waals surface area contributed by atoms with Gasteiger partial charge in [-0.3, -0.25) is 0 Å². The van der Waals surface area contributed by atoms with Crippen molar-refractivity contribution in [3.8, 4) is 0 Å². The molecule has 0 spiro atoms. The van der Waals surface area contributed by atoms with Gasteiger partial charge in [0.2, 0.25) is 0 Å². The van der Waals surface area contributed by atoms with Crippen LogP contribution >= 0.6 is 0 Å². The fourth-order valence-electron chi connectivity index (χ4n) is 4.58. The number of hydrogen-bond donors (Lipinski definition) is 1. The number of aryl methyl sites for hydroxylation is 1. The van der Waals surface area contributed by atoms with E-state index in [2.05, 4.69) is 31.4 Å². The van der Waals surface area contributed by atoms with Crippen LogP contribution in [0.25, 0.3) is 0 Å². The van der Waals surface area contributed by atoms with Gasteiger partial charge in [0.25, 0.3) is 0 Å². The van der Waals surface area contributed by atoms with Crippen molar-refractivity contribution in [3.05, 3.63) is 23.0 Å². The van der Waals surface area contributed by atoms with Crippen LogP contribution in [-0.4, -0.2) is 22.4 Å². The summed E-state index contributed by atoms with van der Waals surface area (Å²) in [5.41, 5.74) is 4.03. The predicted octanol–water partition coefficient (Wildman–Crippen LogP) is 3.54. The molecule has 3 aliphatic rings. The summed E-state index contributed by atoms with van der Waals surface area (Å²) < 4.78 is 8.58. The van der Waals surface area contributed by atoms with Crippen molar-refractivity contribution in [1.29, 1.82) is 0 Å². The van der Waals surface area contributed by atoms with E-state index < -0.39 is 0 Å². The van der Waals surface area contributed by atoms with Gasteiger partial charge in [-0.2, -0.15) is 0 Å². The van der Waals surface area contributed by atoms with E-state index in [9.17, 15) is 5.11 Å². The molecule has 0 bridgehead atoms. The maximum absolute atomic E-state index is 10.5. The van der Waals surface area contributed by atoms with Gasteiger partial charge in [-0.25, -0.2) is 0 Å². The molecule has 0 amide bonds. The maximum Gasteiger partial charge on any atom is 0.0812 e. The van der Waals surface area contributed by atoms with Gasteiger partial charge in [0.15, 0.2) is 0 Å². The average Bonchev–Trinajstić information content (AvgIpc) is 3.03. The predicted molar refractivity (Wildman–Crippen MR) is 82.3 cm³/mol. The Labute approximate surface area is 127 Å². The number of ether oxygens (including phenoxy) is 1. The molecule has 3 heteroatoms. The largest absolute Gasteiger partial charge is 0.388 e. The fraction of sp³-hybridized carbons (Fsp3) is 0.778. The number of fused-ring (bicyclic) bond motifs is 1. The molecule has 0 aromatic carbocycles. The topological polar surface area (TPSA) is 34.4 Å². The monoisotopic (exact) mass is 289 g/mol. The van der Waals surface area contributed by atoms with E-state index in [4.69, 9.17) is 4.74 Å². The van der Waals surface area contributed by atoms with Crippen LogP contribution in [0.3, 0.4) is 0 Å². The molecule has 1 aromatic heterocycles. The summed E-state index contributed by atoms with van der Waals surface area (Å²) in [5.74, 6) is 0.775. The van der Waals surface area contributed by atoms with Crippen molar-refractivity contribution in [3.63, 3.8) is 0 Å². The molecule has 3 unspecified atom stereocenters. The molecule has 1 saturated heterocycles. The lowest BCUT2D eigenvalue weighted by molar-refractivity contribution is 0.0709. The SMILES string of the molecule is Cc1cc2c(n1C1CCOC1C1CC1)CC(C)(C)CC2O. The van der Waals surface area contributed by atoms with E-state index in [-0.39, 0.29) is 11.5 Å². The van der Waals surface area contributed by atoms with Crippen molar-refractivity contribution >= 4 is 0 Å². The van der Waals surface area contributed by atoms with E-state index in [0.29, 0.717) is 12.1 Å². The summed E-state index contributed by atoms with van der Waals surface area (Å²) >= 11 is 0. The van der Waals surface area contributed by atoms with Crippen LogP contribution in [0, 0.1) is 18.3 Å². The molecule has 1 aliphatic heterocycles. The molecule has 4 rings (SSSR count). The highest BCUT2D eigenvalue weighted by Crippen LogP contribution is 2.47. The van der Waals surface area contributed by atoms with Crippen molar-refractivity contribution in [1.82, 2.24) is 4.57 Å². The first-order chi connectivity index (χ1) is 9.96. The number of rotatable bonds is 2. The zero-order valence-corrected chi connectivity index (χ0v) is 13.4. The van der Waals surface area contributed by atoms with Gasteiger partial charge >= 0.3 is 0 Å². The number of hydrogen-bond acceptors (Lipinski definition) is 2. The van der Waals surface area contributed by atoms with Crippen LogP contribution in [0.15, 0.2) is 6.07 Å². The summed E-state index contributed by atoms with van der Waals surface area (Å²) in [6, 6.07) is 2.71. The highest BCUT2D eigenvalue weighted by Gasteiger charge is 2.44. The molecule has 1 N–H and O–H groups in total. The summed E-state index contributed by atoms with van der Waals surface area (Å²) in [6.07, 6.45) is 5.83. The number of aliphatic hydroxyl groups excluding tert-OH is 1. The third kappa shape index (κ3) is 2.25. The average molecular weight is 289 g/mol. The van der Waals surface area contributed by atoms with Gasteiger partial charge in [0.05, 0.1) is 18.2 Å². The van der Waals surface area contributed by atoms with E-state index >= 15 is 0 Å². The van der Waals surface area contributed by atoms with Gasteiger partial charge in [0.1, 0.15) is 0 Å². The van der Waals surface area contributed by atoms with E-state index in [0.717, 1.165) is 31.8 Å². The molecular weight excluding hydrogens is 262 g/mol.